The third kappa shape index (κ3) is 10.9. The zero-order valence-electron chi connectivity index (χ0n) is 4.98. The summed E-state index contributed by atoms with van der Waals surface area (Å²) in [4.78, 5) is 0. The van der Waals surface area contributed by atoms with Crippen molar-refractivity contribution < 1.29 is 32.8 Å². The second-order valence-electron chi connectivity index (χ2n) is 1.43. The van der Waals surface area contributed by atoms with Crippen molar-refractivity contribution in [3.8, 4) is 0 Å². The first-order valence-electron chi connectivity index (χ1n) is 2.52. The number of hydrogen-bond donors (Lipinski definition) is 1. The molecule has 0 aromatic rings. The van der Waals surface area contributed by atoms with Crippen LogP contribution in [-0.4, -0.2) is 11.7 Å². The van der Waals surface area contributed by atoms with Gasteiger partial charge < -0.3 is 5.11 Å². The normalized spacial score (nSPS) is 7.71. The van der Waals surface area contributed by atoms with Crippen LogP contribution in [0.5, 0.6) is 0 Å². The molecule has 0 rings (SSSR count). The molecule has 1 N–H and O–H groups in total. The first-order valence-corrected chi connectivity index (χ1v) is 2.52. The summed E-state index contributed by atoms with van der Waals surface area (Å²) in [5.74, 6) is 0. The van der Waals surface area contributed by atoms with Crippen molar-refractivity contribution in [2.24, 2.45) is 0 Å². The van der Waals surface area contributed by atoms with Gasteiger partial charge in [0.05, 0.1) is 0 Å². The zero-order valence-corrected chi connectivity index (χ0v) is 10.5. The van der Waals surface area contributed by atoms with Gasteiger partial charge in [-0.2, -0.15) is 0 Å². The van der Waals surface area contributed by atoms with Crippen molar-refractivity contribution in [2.45, 2.75) is 26.2 Å². The standard InChI is InChI=1S/C5H12O.Hg/c1-2-3-4-5-6;/h6H,2-5H2,1H3;. The third-order valence-electron chi connectivity index (χ3n) is 0.762. The van der Waals surface area contributed by atoms with E-state index in [9.17, 15) is 0 Å². The molecule has 0 aliphatic heterocycles. The maximum absolute atomic E-state index is 8.20. The van der Waals surface area contributed by atoms with E-state index >= 15 is 0 Å². The molecule has 0 amide bonds. The monoisotopic (exact) mass is 290 g/mol. The van der Waals surface area contributed by atoms with Crippen molar-refractivity contribution in [2.75, 3.05) is 6.61 Å². The van der Waals surface area contributed by atoms with Crippen molar-refractivity contribution in [3.63, 3.8) is 0 Å². The molecule has 0 aliphatic carbocycles. The van der Waals surface area contributed by atoms with E-state index in [0.29, 0.717) is 6.61 Å². The number of rotatable bonds is 3. The molecule has 2 heteroatoms. The molecule has 0 aromatic carbocycles. The van der Waals surface area contributed by atoms with Crippen molar-refractivity contribution in [3.05, 3.63) is 0 Å². The Morgan fingerprint density at radius 2 is 1.86 bits per heavy atom. The average Bonchev–Trinajstić information content (AvgIpc) is 1.61. The Balaban J connectivity index is 0. The fraction of sp³-hybridized carbons (Fsp3) is 1.00. The van der Waals surface area contributed by atoms with E-state index in [1.54, 1.807) is 0 Å². The number of unbranched alkanes of at least 4 members (excludes halogenated alkanes) is 2. The second-order valence-corrected chi connectivity index (χ2v) is 1.43. The molecule has 0 radical (unpaired) electrons. The van der Waals surface area contributed by atoms with E-state index in [4.69, 9.17) is 5.11 Å². The summed E-state index contributed by atoms with van der Waals surface area (Å²) in [6.45, 7) is 2.48. The number of aliphatic hydroxyl groups is 1. The zero-order chi connectivity index (χ0) is 4.83. The van der Waals surface area contributed by atoms with Crippen LogP contribution in [0.25, 0.3) is 0 Å². The molecular formula is C5H12HgO. The van der Waals surface area contributed by atoms with Crippen molar-refractivity contribution in [1.82, 2.24) is 0 Å². The van der Waals surface area contributed by atoms with Gasteiger partial charge in [-0.1, -0.05) is 19.8 Å². The number of hydrogen-bond acceptors (Lipinski definition) is 1. The van der Waals surface area contributed by atoms with Gasteiger partial charge in [0.1, 0.15) is 0 Å². The summed E-state index contributed by atoms with van der Waals surface area (Å²) in [7, 11) is 0. The Kier molecular flexibility index (Phi) is 15.4. The second kappa shape index (κ2) is 10.00. The van der Waals surface area contributed by atoms with E-state index in [2.05, 4.69) is 6.92 Å². The molecule has 40 valence electrons. The summed E-state index contributed by atoms with van der Waals surface area (Å²) >= 11 is 0. The van der Waals surface area contributed by atoms with Gasteiger partial charge in [-0.05, 0) is 6.42 Å². The summed E-state index contributed by atoms with van der Waals surface area (Å²) in [5.41, 5.74) is 0. The van der Waals surface area contributed by atoms with Gasteiger partial charge in [-0.15, -0.1) is 0 Å². The Morgan fingerprint density at radius 1 is 1.29 bits per heavy atom. The molecule has 0 fully saturated rings. The maximum Gasteiger partial charge on any atom is 0.0431 e. The molecule has 0 aliphatic rings. The van der Waals surface area contributed by atoms with Gasteiger partial charge in [0.15, 0.2) is 0 Å². The molecule has 0 aromatic heterocycles. The van der Waals surface area contributed by atoms with Crippen LogP contribution < -0.4 is 0 Å². The summed E-state index contributed by atoms with van der Waals surface area (Å²) < 4.78 is 0. The molecule has 1 nitrogen and oxygen atoms in total. The van der Waals surface area contributed by atoms with E-state index in [1.807, 2.05) is 0 Å². The Bertz CT molecular complexity index is 20.0. The van der Waals surface area contributed by atoms with Crippen molar-refractivity contribution >= 4 is 0 Å². The van der Waals surface area contributed by atoms with Crippen LogP contribution >= 0.6 is 0 Å². The molecular weight excluding hydrogens is 277 g/mol. The predicted molar refractivity (Wildman–Crippen MR) is 26.6 cm³/mol. The van der Waals surface area contributed by atoms with Gasteiger partial charge in [0.25, 0.3) is 0 Å². The predicted octanol–water partition coefficient (Wildman–Crippen LogP) is 1.17. The molecule has 0 spiro atoms. The van der Waals surface area contributed by atoms with Gasteiger partial charge in [-0.3, -0.25) is 0 Å². The molecule has 0 saturated heterocycles. The van der Waals surface area contributed by atoms with E-state index in [1.165, 1.54) is 6.42 Å². The Hall–Kier alpha value is 0.895. The summed E-state index contributed by atoms with van der Waals surface area (Å²) in [5, 5.41) is 8.20. The minimum atomic E-state index is 0. The average molecular weight is 289 g/mol. The van der Waals surface area contributed by atoms with Gasteiger partial charge >= 0.3 is 0 Å². The van der Waals surface area contributed by atoms with Crippen LogP contribution in [-0.2, 0) is 27.7 Å². The van der Waals surface area contributed by atoms with Crippen LogP contribution in [0.1, 0.15) is 26.2 Å². The van der Waals surface area contributed by atoms with Crippen LogP contribution in [0.15, 0.2) is 0 Å². The fourth-order valence-electron chi connectivity index (χ4n) is 0.362. The molecule has 0 unspecified atom stereocenters. The number of aliphatic hydroxyl groups excluding tert-OH is 1. The van der Waals surface area contributed by atoms with Gasteiger partial charge in [-0.25, -0.2) is 0 Å². The van der Waals surface area contributed by atoms with Crippen LogP contribution in [0.2, 0.25) is 0 Å². The largest absolute Gasteiger partial charge is 0.396 e. The molecule has 0 atom stereocenters. The van der Waals surface area contributed by atoms with Crippen molar-refractivity contribution in [1.29, 1.82) is 0 Å². The minimum absolute atomic E-state index is 0. The topological polar surface area (TPSA) is 20.2 Å². The first-order chi connectivity index (χ1) is 2.91. The third-order valence-corrected chi connectivity index (χ3v) is 0.762. The van der Waals surface area contributed by atoms with Crippen LogP contribution in [0.4, 0.5) is 0 Å². The molecule has 7 heavy (non-hydrogen) atoms. The maximum atomic E-state index is 8.20. The first kappa shape index (κ1) is 10.8. The Labute approximate surface area is 65.6 Å². The SMILES string of the molecule is CCCCCO.[Hg]. The Morgan fingerprint density at radius 3 is 2.00 bits per heavy atom. The molecule has 0 saturated carbocycles. The van der Waals surface area contributed by atoms with E-state index in [-0.39, 0.29) is 27.7 Å². The smallest absolute Gasteiger partial charge is 0.0431 e. The quantitative estimate of drug-likeness (QED) is 0.610. The van der Waals surface area contributed by atoms with Crippen LogP contribution in [0, 0.1) is 0 Å². The van der Waals surface area contributed by atoms with Gasteiger partial charge in [0.2, 0.25) is 0 Å². The molecule has 0 heterocycles. The minimum Gasteiger partial charge on any atom is -0.396 e. The van der Waals surface area contributed by atoms with Gasteiger partial charge in [0, 0.05) is 34.3 Å². The fourth-order valence-corrected chi connectivity index (χ4v) is 0.362. The molecule has 0 bridgehead atoms. The van der Waals surface area contributed by atoms with Crippen LogP contribution in [0.3, 0.4) is 0 Å². The van der Waals surface area contributed by atoms with E-state index < -0.39 is 0 Å². The van der Waals surface area contributed by atoms with E-state index in [0.717, 1.165) is 12.8 Å². The summed E-state index contributed by atoms with van der Waals surface area (Å²) in [6.07, 6.45) is 3.33. The summed E-state index contributed by atoms with van der Waals surface area (Å²) in [6, 6.07) is 0.